The molecule has 0 unspecified atom stereocenters. The minimum atomic E-state index is -0.757. The molecule has 5 nitrogen and oxygen atoms in total. The number of benzene rings is 4. The molecule has 7 rings (SSSR count). The number of hydrogen-bond acceptors (Lipinski definition) is 6. The van der Waals surface area contributed by atoms with Crippen LogP contribution in [0.4, 0.5) is 20.2 Å². The maximum atomic E-state index is 15.2. The predicted molar refractivity (Wildman–Crippen MR) is 184 cm³/mol. The second-order valence-corrected chi connectivity index (χ2v) is 12.5. The minimum Gasteiger partial charge on any atom is -0.397 e. The molecule has 0 radical (unpaired) electrons. The summed E-state index contributed by atoms with van der Waals surface area (Å²) in [5.41, 5.74) is 9.59. The molecule has 4 aromatic carbocycles. The largest absolute Gasteiger partial charge is 0.397 e. The molecular formula is C37H23F2N3O2S2. The molecule has 46 heavy (non-hydrogen) atoms. The number of fused-ring (bicyclic) bond motifs is 2. The van der Waals surface area contributed by atoms with Crippen molar-refractivity contribution in [3.05, 3.63) is 142 Å². The molecule has 0 bridgehead atoms. The predicted octanol–water partition coefficient (Wildman–Crippen LogP) is 9.85. The van der Waals surface area contributed by atoms with Crippen LogP contribution in [-0.4, -0.2) is 16.7 Å². The molecule has 0 saturated carbocycles. The van der Waals surface area contributed by atoms with Crippen molar-refractivity contribution in [2.45, 2.75) is 0 Å². The minimum absolute atomic E-state index is 0.138. The zero-order valence-corrected chi connectivity index (χ0v) is 25.6. The molecule has 7 aromatic rings. The molecule has 0 saturated heterocycles. The fourth-order valence-corrected chi connectivity index (χ4v) is 6.98. The van der Waals surface area contributed by atoms with E-state index >= 15 is 4.39 Å². The van der Waals surface area contributed by atoms with E-state index in [-0.39, 0.29) is 21.9 Å². The van der Waals surface area contributed by atoms with Crippen LogP contribution in [0.5, 0.6) is 0 Å². The Hall–Kier alpha value is -5.51. The molecule has 3 N–H and O–H groups in total. The average Bonchev–Trinajstić information content (AvgIpc) is 3.71. The topological polar surface area (TPSA) is 85.1 Å². The number of halogens is 2. The second kappa shape index (κ2) is 12.1. The zero-order valence-electron chi connectivity index (χ0n) is 24.0. The van der Waals surface area contributed by atoms with Gasteiger partial charge in [-0.1, -0.05) is 48.5 Å². The standard InChI is InChI=1S/C37H23F2N3O2S2/c38-23-12-16-27(30(39)19-23)29-20-31(28-9-3-6-21-5-1-2-8-26(21)28)42-37-33(29)34(40)35(46-37)36(44)41-24-13-10-22(11-14-24)32(43)17-15-25-7-4-18-45-25/h1-20H,40H2,(H,41,44)/b17-15+. The molecule has 3 heterocycles. The van der Waals surface area contributed by atoms with Gasteiger partial charge in [-0.25, -0.2) is 13.8 Å². The van der Waals surface area contributed by atoms with Gasteiger partial charge < -0.3 is 11.1 Å². The average molecular weight is 644 g/mol. The molecule has 0 aliphatic rings. The Kier molecular flexibility index (Phi) is 7.69. The number of nitrogen functional groups attached to an aromatic ring is 1. The first-order valence-corrected chi connectivity index (χ1v) is 15.9. The van der Waals surface area contributed by atoms with Crippen LogP contribution in [0.1, 0.15) is 24.9 Å². The van der Waals surface area contributed by atoms with Crippen LogP contribution in [0.3, 0.4) is 0 Å². The number of allylic oxidation sites excluding steroid dienone is 1. The van der Waals surface area contributed by atoms with Gasteiger partial charge in [0.05, 0.1) is 11.4 Å². The quantitative estimate of drug-likeness (QED) is 0.134. The third kappa shape index (κ3) is 5.58. The normalized spacial score (nSPS) is 11.4. The molecule has 0 spiro atoms. The number of anilines is 2. The number of ketones is 1. The monoisotopic (exact) mass is 643 g/mol. The first-order chi connectivity index (χ1) is 22.4. The fourth-order valence-electron chi connectivity index (χ4n) is 5.34. The third-order valence-electron chi connectivity index (χ3n) is 7.56. The van der Waals surface area contributed by atoms with Crippen LogP contribution in [0.2, 0.25) is 0 Å². The molecular weight excluding hydrogens is 621 g/mol. The molecule has 0 atom stereocenters. The van der Waals surface area contributed by atoms with Crippen molar-refractivity contribution < 1.29 is 18.4 Å². The van der Waals surface area contributed by atoms with Gasteiger partial charge in [-0.05, 0) is 82.4 Å². The highest BCUT2D eigenvalue weighted by Crippen LogP contribution is 2.43. The van der Waals surface area contributed by atoms with E-state index in [0.717, 1.165) is 38.6 Å². The number of carbonyl (C=O) groups excluding carboxylic acids is 2. The Labute approximate surface area is 270 Å². The van der Waals surface area contributed by atoms with Crippen LogP contribution < -0.4 is 11.1 Å². The van der Waals surface area contributed by atoms with Crippen LogP contribution in [0, 0.1) is 11.6 Å². The van der Waals surface area contributed by atoms with Gasteiger partial charge in [-0.3, -0.25) is 9.59 Å². The Bertz CT molecular complexity index is 2310. The summed E-state index contributed by atoms with van der Waals surface area (Å²) in [7, 11) is 0. The number of pyridine rings is 1. The summed E-state index contributed by atoms with van der Waals surface area (Å²) in [5.74, 6) is -2.10. The van der Waals surface area contributed by atoms with E-state index in [0.29, 0.717) is 32.7 Å². The van der Waals surface area contributed by atoms with Gasteiger partial charge >= 0.3 is 0 Å². The molecule has 0 aliphatic carbocycles. The van der Waals surface area contributed by atoms with Gasteiger partial charge in [0.15, 0.2) is 5.78 Å². The van der Waals surface area contributed by atoms with Crippen molar-refractivity contribution in [3.63, 3.8) is 0 Å². The second-order valence-electron chi connectivity index (χ2n) is 10.5. The van der Waals surface area contributed by atoms with Crippen molar-refractivity contribution in [1.82, 2.24) is 4.98 Å². The molecule has 0 fully saturated rings. The lowest BCUT2D eigenvalue weighted by Crippen LogP contribution is -2.12. The Morgan fingerprint density at radius 1 is 0.826 bits per heavy atom. The first-order valence-electron chi connectivity index (χ1n) is 14.2. The van der Waals surface area contributed by atoms with Crippen LogP contribution in [0.25, 0.3) is 49.4 Å². The Morgan fingerprint density at radius 2 is 1.63 bits per heavy atom. The van der Waals surface area contributed by atoms with Gasteiger partial charge in [0.1, 0.15) is 21.3 Å². The van der Waals surface area contributed by atoms with Gasteiger partial charge in [0.25, 0.3) is 5.91 Å². The summed E-state index contributed by atoms with van der Waals surface area (Å²) in [6, 6.07) is 29.2. The van der Waals surface area contributed by atoms with Crippen LogP contribution in [0.15, 0.2) is 115 Å². The first kappa shape index (κ1) is 29.2. The summed E-state index contributed by atoms with van der Waals surface area (Å²) >= 11 is 2.63. The molecule has 9 heteroatoms. The highest BCUT2D eigenvalue weighted by molar-refractivity contribution is 7.21. The van der Waals surface area contributed by atoms with Gasteiger partial charge in [0.2, 0.25) is 0 Å². The van der Waals surface area contributed by atoms with E-state index in [4.69, 9.17) is 10.7 Å². The van der Waals surface area contributed by atoms with Gasteiger partial charge in [0, 0.05) is 38.7 Å². The molecule has 0 aliphatic heterocycles. The molecule has 1 amide bonds. The summed E-state index contributed by atoms with van der Waals surface area (Å²) in [5, 5.41) is 7.14. The number of nitrogens with one attached hydrogen (secondary N) is 1. The number of amides is 1. The van der Waals surface area contributed by atoms with Crippen LogP contribution in [-0.2, 0) is 0 Å². The number of carbonyl (C=O) groups is 2. The van der Waals surface area contributed by atoms with Crippen molar-refractivity contribution in [2.24, 2.45) is 0 Å². The summed E-state index contributed by atoms with van der Waals surface area (Å²) in [4.78, 5) is 32.6. The van der Waals surface area contributed by atoms with E-state index in [9.17, 15) is 14.0 Å². The van der Waals surface area contributed by atoms with Gasteiger partial charge in [-0.15, -0.1) is 22.7 Å². The summed E-state index contributed by atoms with van der Waals surface area (Å²) in [6.07, 6.45) is 3.27. The van der Waals surface area contributed by atoms with E-state index in [1.807, 2.05) is 60.0 Å². The van der Waals surface area contributed by atoms with Gasteiger partial charge in [-0.2, -0.15) is 0 Å². The third-order valence-corrected chi connectivity index (χ3v) is 9.50. The number of hydrogen-bond donors (Lipinski definition) is 2. The van der Waals surface area contributed by atoms with E-state index in [1.54, 1.807) is 36.4 Å². The Morgan fingerprint density at radius 3 is 2.41 bits per heavy atom. The number of nitrogens with zero attached hydrogens (tertiary/aromatic N) is 1. The van der Waals surface area contributed by atoms with Crippen molar-refractivity contribution in [1.29, 1.82) is 0 Å². The summed E-state index contributed by atoms with van der Waals surface area (Å²) < 4.78 is 29.1. The molecule has 224 valence electrons. The molecule has 3 aromatic heterocycles. The highest BCUT2D eigenvalue weighted by atomic mass is 32.1. The summed E-state index contributed by atoms with van der Waals surface area (Å²) in [6.45, 7) is 0. The fraction of sp³-hybridized carbons (Fsp3) is 0. The maximum absolute atomic E-state index is 15.2. The lowest BCUT2D eigenvalue weighted by Gasteiger charge is -2.11. The van der Waals surface area contributed by atoms with E-state index in [2.05, 4.69) is 5.32 Å². The number of nitrogens with two attached hydrogens (primary N) is 1. The van der Waals surface area contributed by atoms with E-state index < -0.39 is 17.5 Å². The Balaban J connectivity index is 1.26. The van der Waals surface area contributed by atoms with Crippen molar-refractivity contribution in [3.8, 4) is 22.4 Å². The number of thiophene rings is 2. The lowest BCUT2D eigenvalue weighted by molar-refractivity contribution is 0.102. The SMILES string of the molecule is Nc1c(C(=O)Nc2ccc(C(=O)/C=C/c3cccs3)cc2)sc2nc(-c3cccc4ccccc34)cc(-c3ccc(F)cc3F)c12. The highest BCUT2D eigenvalue weighted by Gasteiger charge is 2.23. The zero-order chi connectivity index (χ0) is 31.8. The van der Waals surface area contributed by atoms with E-state index in [1.165, 1.54) is 29.5 Å². The lowest BCUT2D eigenvalue weighted by atomic mass is 9.96. The maximum Gasteiger partial charge on any atom is 0.267 e. The smallest absolute Gasteiger partial charge is 0.267 e. The number of aromatic nitrogens is 1. The van der Waals surface area contributed by atoms with Crippen LogP contribution >= 0.6 is 22.7 Å². The van der Waals surface area contributed by atoms with Crippen molar-refractivity contribution in [2.75, 3.05) is 11.1 Å². The van der Waals surface area contributed by atoms with Crippen molar-refractivity contribution >= 4 is 72.8 Å². The number of rotatable bonds is 7.